The maximum absolute atomic E-state index is 11.9. The summed E-state index contributed by atoms with van der Waals surface area (Å²) in [5.74, 6) is 0.180. The van der Waals surface area contributed by atoms with Crippen molar-refractivity contribution in [3.63, 3.8) is 0 Å². The maximum atomic E-state index is 11.9. The standard InChI is InChI=1S/C13H18N4O2S3/c1-5-9-8(4)21-11(14-9)15-10(18)6-20-13-17-16-12(22-13)19-7(2)3/h7H,5-6H2,1-4H3,(H,14,15,18). The highest BCUT2D eigenvalue weighted by Gasteiger charge is 2.12. The molecule has 2 rings (SSSR count). The van der Waals surface area contributed by atoms with Gasteiger partial charge in [0.1, 0.15) is 0 Å². The van der Waals surface area contributed by atoms with E-state index >= 15 is 0 Å². The van der Waals surface area contributed by atoms with Crippen LogP contribution in [0.3, 0.4) is 0 Å². The van der Waals surface area contributed by atoms with E-state index in [0.29, 0.717) is 10.3 Å². The number of anilines is 1. The summed E-state index contributed by atoms with van der Waals surface area (Å²) >= 11 is 4.19. The molecule has 1 amide bonds. The summed E-state index contributed by atoms with van der Waals surface area (Å²) in [4.78, 5) is 17.5. The second-order valence-corrected chi connectivity index (χ2v) is 8.08. The topological polar surface area (TPSA) is 77.0 Å². The summed E-state index contributed by atoms with van der Waals surface area (Å²) in [5.41, 5.74) is 1.03. The summed E-state index contributed by atoms with van der Waals surface area (Å²) in [6, 6.07) is 0. The van der Waals surface area contributed by atoms with Gasteiger partial charge in [-0.15, -0.1) is 16.4 Å². The van der Waals surface area contributed by atoms with Gasteiger partial charge in [-0.05, 0) is 38.5 Å². The van der Waals surface area contributed by atoms with Crippen LogP contribution in [-0.4, -0.2) is 32.9 Å². The molecule has 2 heterocycles. The number of nitrogens with zero attached hydrogens (tertiary/aromatic N) is 3. The highest BCUT2D eigenvalue weighted by atomic mass is 32.2. The van der Waals surface area contributed by atoms with Gasteiger partial charge in [-0.1, -0.05) is 23.8 Å². The van der Waals surface area contributed by atoms with E-state index < -0.39 is 0 Å². The van der Waals surface area contributed by atoms with Gasteiger partial charge >= 0.3 is 0 Å². The Morgan fingerprint density at radius 3 is 2.77 bits per heavy atom. The Morgan fingerprint density at radius 1 is 1.36 bits per heavy atom. The highest BCUT2D eigenvalue weighted by Crippen LogP contribution is 2.28. The molecule has 0 bridgehead atoms. The Bertz CT molecular complexity index is 639. The number of carbonyl (C=O) groups excluding carboxylic acids is 1. The molecule has 0 aromatic carbocycles. The van der Waals surface area contributed by atoms with E-state index in [1.165, 1.54) is 34.4 Å². The molecular weight excluding hydrogens is 340 g/mol. The van der Waals surface area contributed by atoms with Gasteiger partial charge in [-0.3, -0.25) is 4.79 Å². The summed E-state index contributed by atoms with van der Waals surface area (Å²) < 4.78 is 6.17. The van der Waals surface area contributed by atoms with Crippen LogP contribution in [0.5, 0.6) is 5.19 Å². The lowest BCUT2D eigenvalue weighted by Crippen LogP contribution is -2.13. The lowest BCUT2D eigenvalue weighted by molar-refractivity contribution is -0.113. The molecule has 0 saturated heterocycles. The Hall–Kier alpha value is -1.19. The summed E-state index contributed by atoms with van der Waals surface area (Å²) in [6.07, 6.45) is 0.936. The molecule has 0 radical (unpaired) electrons. The van der Waals surface area contributed by atoms with Gasteiger partial charge < -0.3 is 10.1 Å². The van der Waals surface area contributed by atoms with Gasteiger partial charge in [0.25, 0.3) is 5.19 Å². The number of thiazole rings is 1. The van der Waals surface area contributed by atoms with Crippen molar-refractivity contribution in [2.24, 2.45) is 0 Å². The van der Waals surface area contributed by atoms with Gasteiger partial charge in [0.05, 0.1) is 17.6 Å². The number of nitrogens with one attached hydrogen (secondary N) is 1. The first-order chi connectivity index (χ1) is 10.5. The number of hydrogen-bond donors (Lipinski definition) is 1. The number of ether oxygens (including phenoxy) is 1. The van der Waals surface area contributed by atoms with Crippen molar-refractivity contribution in [1.82, 2.24) is 15.2 Å². The molecule has 2 aromatic heterocycles. The molecule has 22 heavy (non-hydrogen) atoms. The van der Waals surface area contributed by atoms with Crippen LogP contribution in [0.1, 0.15) is 31.3 Å². The van der Waals surface area contributed by atoms with Crippen molar-refractivity contribution in [3.05, 3.63) is 10.6 Å². The molecule has 2 aromatic rings. The number of hydrogen-bond acceptors (Lipinski definition) is 8. The van der Waals surface area contributed by atoms with Crippen LogP contribution in [0, 0.1) is 6.92 Å². The zero-order valence-electron chi connectivity index (χ0n) is 12.9. The van der Waals surface area contributed by atoms with Gasteiger partial charge in [0, 0.05) is 4.88 Å². The minimum Gasteiger partial charge on any atom is -0.466 e. The SMILES string of the molecule is CCc1nc(NC(=O)CSc2nnc(OC(C)C)s2)sc1C. The van der Waals surface area contributed by atoms with Crippen molar-refractivity contribution in [2.75, 3.05) is 11.1 Å². The van der Waals surface area contributed by atoms with Crippen LogP contribution in [0.4, 0.5) is 5.13 Å². The second kappa shape index (κ2) is 7.89. The molecule has 6 nitrogen and oxygen atoms in total. The molecule has 0 aliphatic heterocycles. The van der Waals surface area contributed by atoms with Crippen molar-refractivity contribution in [3.8, 4) is 5.19 Å². The van der Waals surface area contributed by atoms with Crippen molar-refractivity contribution >= 4 is 45.5 Å². The Morgan fingerprint density at radius 2 is 2.14 bits per heavy atom. The molecule has 0 spiro atoms. The van der Waals surface area contributed by atoms with E-state index in [0.717, 1.165) is 21.3 Å². The molecule has 1 N–H and O–H groups in total. The highest BCUT2D eigenvalue weighted by molar-refractivity contribution is 8.01. The molecule has 0 fully saturated rings. The zero-order valence-corrected chi connectivity index (χ0v) is 15.3. The van der Waals surface area contributed by atoms with Crippen molar-refractivity contribution < 1.29 is 9.53 Å². The van der Waals surface area contributed by atoms with Crippen LogP contribution in [0.2, 0.25) is 0 Å². The maximum Gasteiger partial charge on any atom is 0.295 e. The van der Waals surface area contributed by atoms with Gasteiger partial charge in [-0.2, -0.15) is 0 Å². The van der Waals surface area contributed by atoms with Crippen LogP contribution >= 0.6 is 34.4 Å². The second-order valence-electron chi connectivity index (χ2n) is 4.71. The molecule has 0 atom stereocenters. The Kier molecular flexibility index (Phi) is 6.16. The van der Waals surface area contributed by atoms with E-state index in [1.807, 2.05) is 20.8 Å². The molecule has 9 heteroatoms. The van der Waals surface area contributed by atoms with Crippen LogP contribution in [0.25, 0.3) is 0 Å². The average Bonchev–Trinajstić information content (AvgIpc) is 3.02. The minimum atomic E-state index is -0.0945. The summed E-state index contributed by atoms with van der Waals surface area (Å²) in [5, 5.41) is 11.9. The van der Waals surface area contributed by atoms with Crippen LogP contribution in [0.15, 0.2) is 4.34 Å². The fourth-order valence-corrected chi connectivity index (χ4v) is 4.12. The van der Waals surface area contributed by atoms with E-state index in [2.05, 4.69) is 27.4 Å². The third kappa shape index (κ3) is 4.92. The van der Waals surface area contributed by atoms with Gasteiger partial charge in [0.15, 0.2) is 9.47 Å². The Labute approximate surface area is 141 Å². The first-order valence-corrected chi connectivity index (χ1v) is 9.49. The number of aryl methyl sites for hydroxylation is 2. The predicted molar refractivity (Wildman–Crippen MR) is 91.3 cm³/mol. The first-order valence-electron chi connectivity index (χ1n) is 6.87. The van der Waals surface area contributed by atoms with E-state index in [9.17, 15) is 4.79 Å². The predicted octanol–water partition coefficient (Wildman–Crippen LogP) is 3.38. The fourth-order valence-electron chi connectivity index (χ4n) is 1.60. The molecule has 0 saturated carbocycles. The number of aromatic nitrogens is 3. The van der Waals surface area contributed by atoms with Crippen LogP contribution in [-0.2, 0) is 11.2 Å². The number of thioether (sulfide) groups is 1. The zero-order chi connectivity index (χ0) is 16.1. The van der Waals surface area contributed by atoms with Gasteiger partial charge in [-0.25, -0.2) is 4.98 Å². The normalized spacial score (nSPS) is 11.0. The average molecular weight is 359 g/mol. The molecule has 120 valence electrons. The third-order valence-electron chi connectivity index (χ3n) is 2.53. The Balaban J connectivity index is 1.83. The molecule has 0 aliphatic carbocycles. The van der Waals surface area contributed by atoms with Gasteiger partial charge in [0.2, 0.25) is 5.91 Å². The summed E-state index contributed by atoms with van der Waals surface area (Å²) in [6.45, 7) is 7.93. The number of carbonyl (C=O) groups is 1. The van der Waals surface area contributed by atoms with Crippen molar-refractivity contribution in [2.45, 2.75) is 44.6 Å². The lowest BCUT2D eigenvalue weighted by Gasteiger charge is -2.02. The number of rotatable bonds is 7. The lowest BCUT2D eigenvalue weighted by atomic mass is 10.3. The first kappa shape index (κ1) is 17.2. The quantitative estimate of drug-likeness (QED) is 0.765. The van der Waals surface area contributed by atoms with Crippen LogP contribution < -0.4 is 10.1 Å². The summed E-state index contributed by atoms with van der Waals surface area (Å²) in [7, 11) is 0. The largest absolute Gasteiger partial charge is 0.466 e. The van der Waals surface area contributed by atoms with E-state index in [1.54, 1.807) is 0 Å². The molecule has 0 aliphatic rings. The van der Waals surface area contributed by atoms with E-state index in [4.69, 9.17) is 4.74 Å². The smallest absolute Gasteiger partial charge is 0.295 e. The van der Waals surface area contributed by atoms with Crippen molar-refractivity contribution in [1.29, 1.82) is 0 Å². The molecular formula is C13H18N4O2S3. The third-order valence-corrected chi connectivity index (χ3v) is 5.40. The minimum absolute atomic E-state index is 0.0648. The monoisotopic (exact) mass is 358 g/mol. The van der Waals surface area contributed by atoms with E-state index in [-0.39, 0.29) is 17.8 Å². The fraction of sp³-hybridized carbons (Fsp3) is 0.538. The number of amides is 1. The molecule has 0 unspecified atom stereocenters.